The van der Waals surface area contributed by atoms with Crippen LogP contribution in [0.25, 0.3) is 0 Å². The van der Waals surface area contributed by atoms with Gasteiger partial charge in [-0.15, -0.1) is 11.6 Å². The summed E-state index contributed by atoms with van der Waals surface area (Å²) in [5.41, 5.74) is 0.368. The van der Waals surface area contributed by atoms with Crippen molar-refractivity contribution in [2.45, 2.75) is 19.0 Å². The fraction of sp³-hybridized carbons (Fsp3) is 0.308. The molecule has 0 N–H and O–H groups in total. The summed E-state index contributed by atoms with van der Waals surface area (Å²) >= 11 is 5.79. The SMILES string of the molecule is Cc1nn(C)c(Oc2ccccc2C(F)(F)F)c1CCl. The summed E-state index contributed by atoms with van der Waals surface area (Å²) in [6.07, 6.45) is -4.48. The summed E-state index contributed by atoms with van der Waals surface area (Å²) in [5, 5.41) is 4.10. The van der Waals surface area contributed by atoms with E-state index < -0.39 is 11.7 Å². The Hall–Kier alpha value is -1.69. The monoisotopic (exact) mass is 304 g/mol. The number of aryl methyl sites for hydroxylation is 2. The van der Waals surface area contributed by atoms with Gasteiger partial charge in [0.2, 0.25) is 5.88 Å². The van der Waals surface area contributed by atoms with Gasteiger partial charge in [0.05, 0.1) is 22.7 Å². The van der Waals surface area contributed by atoms with Crippen molar-refractivity contribution in [3.05, 3.63) is 41.1 Å². The first-order chi connectivity index (χ1) is 9.34. The van der Waals surface area contributed by atoms with Crippen molar-refractivity contribution < 1.29 is 17.9 Å². The Bertz CT molecular complexity index is 623. The van der Waals surface area contributed by atoms with E-state index in [1.165, 1.54) is 22.9 Å². The first-order valence-electron chi connectivity index (χ1n) is 5.77. The highest BCUT2D eigenvalue weighted by atomic mass is 35.5. The zero-order valence-electron chi connectivity index (χ0n) is 10.8. The molecular weight excluding hydrogens is 293 g/mol. The number of hydrogen-bond donors (Lipinski definition) is 0. The van der Waals surface area contributed by atoms with E-state index in [4.69, 9.17) is 16.3 Å². The van der Waals surface area contributed by atoms with Gasteiger partial charge < -0.3 is 4.74 Å². The summed E-state index contributed by atoms with van der Waals surface area (Å²) in [4.78, 5) is 0. The van der Waals surface area contributed by atoms with Crippen LogP contribution >= 0.6 is 11.6 Å². The number of alkyl halides is 4. The fourth-order valence-electron chi connectivity index (χ4n) is 1.86. The molecule has 7 heteroatoms. The van der Waals surface area contributed by atoms with Gasteiger partial charge in [-0.1, -0.05) is 12.1 Å². The van der Waals surface area contributed by atoms with Crippen molar-refractivity contribution in [1.82, 2.24) is 9.78 Å². The lowest BCUT2D eigenvalue weighted by Gasteiger charge is -2.14. The van der Waals surface area contributed by atoms with E-state index in [1.807, 2.05) is 0 Å². The maximum Gasteiger partial charge on any atom is 0.419 e. The van der Waals surface area contributed by atoms with E-state index in [0.717, 1.165) is 6.07 Å². The van der Waals surface area contributed by atoms with E-state index in [2.05, 4.69) is 5.10 Å². The number of aromatic nitrogens is 2. The Kier molecular flexibility index (Phi) is 3.94. The molecule has 0 atom stereocenters. The molecule has 0 fully saturated rings. The molecule has 108 valence electrons. The summed E-state index contributed by atoms with van der Waals surface area (Å²) < 4.78 is 45.5. The largest absolute Gasteiger partial charge is 0.438 e. The molecule has 0 bridgehead atoms. The van der Waals surface area contributed by atoms with Crippen molar-refractivity contribution in [2.24, 2.45) is 7.05 Å². The van der Waals surface area contributed by atoms with Crippen LogP contribution in [0.3, 0.4) is 0 Å². The number of para-hydroxylation sites is 1. The first kappa shape index (κ1) is 14.7. The van der Waals surface area contributed by atoms with Crippen molar-refractivity contribution in [1.29, 1.82) is 0 Å². The van der Waals surface area contributed by atoms with E-state index in [-0.39, 0.29) is 17.5 Å². The topological polar surface area (TPSA) is 27.1 Å². The minimum absolute atomic E-state index is 0.114. The van der Waals surface area contributed by atoms with Gasteiger partial charge in [-0.05, 0) is 19.1 Å². The summed E-state index contributed by atoms with van der Waals surface area (Å²) in [5.74, 6) is 0.0620. The van der Waals surface area contributed by atoms with Gasteiger partial charge >= 0.3 is 6.18 Å². The molecule has 0 amide bonds. The highest BCUT2D eigenvalue weighted by Gasteiger charge is 2.34. The van der Waals surface area contributed by atoms with Gasteiger partial charge in [0.1, 0.15) is 5.75 Å². The van der Waals surface area contributed by atoms with Crippen LogP contribution < -0.4 is 4.74 Å². The molecule has 0 aliphatic heterocycles. The van der Waals surface area contributed by atoms with Crippen molar-refractivity contribution in [3.8, 4) is 11.6 Å². The highest BCUT2D eigenvalue weighted by molar-refractivity contribution is 6.17. The smallest absolute Gasteiger partial charge is 0.419 e. The van der Waals surface area contributed by atoms with Gasteiger partial charge in [-0.25, -0.2) is 4.68 Å². The van der Waals surface area contributed by atoms with Crippen LogP contribution in [0.4, 0.5) is 13.2 Å². The predicted octanol–water partition coefficient (Wildman–Crippen LogP) is 4.28. The van der Waals surface area contributed by atoms with Gasteiger partial charge in [0, 0.05) is 7.05 Å². The van der Waals surface area contributed by atoms with Crippen LogP contribution in [0, 0.1) is 6.92 Å². The molecule has 2 aromatic rings. The van der Waals surface area contributed by atoms with Crippen molar-refractivity contribution in [2.75, 3.05) is 0 Å². The van der Waals surface area contributed by atoms with Gasteiger partial charge in [-0.3, -0.25) is 0 Å². The minimum Gasteiger partial charge on any atom is -0.438 e. The molecule has 1 heterocycles. The molecule has 1 aromatic carbocycles. The molecule has 0 saturated heterocycles. The Labute approximate surface area is 118 Å². The Balaban J connectivity index is 2.46. The lowest BCUT2D eigenvalue weighted by atomic mass is 10.2. The molecular formula is C13H12ClF3N2O. The third-order valence-electron chi connectivity index (χ3n) is 2.82. The molecule has 0 unspecified atom stereocenters. The lowest BCUT2D eigenvalue weighted by Crippen LogP contribution is -2.08. The van der Waals surface area contributed by atoms with Crippen LogP contribution in [-0.4, -0.2) is 9.78 Å². The average molecular weight is 305 g/mol. The van der Waals surface area contributed by atoms with E-state index in [9.17, 15) is 13.2 Å². The van der Waals surface area contributed by atoms with Crippen LogP contribution in [-0.2, 0) is 19.1 Å². The molecule has 2 rings (SSSR count). The zero-order valence-corrected chi connectivity index (χ0v) is 11.6. The Morgan fingerprint density at radius 1 is 1.30 bits per heavy atom. The lowest BCUT2D eigenvalue weighted by molar-refractivity contribution is -0.138. The molecule has 1 aromatic heterocycles. The zero-order chi connectivity index (χ0) is 14.9. The number of nitrogens with zero attached hydrogens (tertiary/aromatic N) is 2. The third-order valence-corrected chi connectivity index (χ3v) is 3.09. The van der Waals surface area contributed by atoms with Gasteiger partial charge in [0.25, 0.3) is 0 Å². The average Bonchev–Trinajstić information content (AvgIpc) is 2.63. The normalized spacial score (nSPS) is 11.7. The fourth-order valence-corrected chi connectivity index (χ4v) is 2.16. The van der Waals surface area contributed by atoms with Gasteiger partial charge in [0.15, 0.2) is 0 Å². The summed E-state index contributed by atoms with van der Waals surface area (Å²) in [6, 6.07) is 5.03. The third kappa shape index (κ3) is 2.75. The number of ether oxygens (including phenoxy) is 1. The van der Waals surface area contributed by atoms with E-state index in [0.29, 0.717) is 11.3 Å². The standard InChI is InChI=1S/C13H12ClF3N2O/c1-8-9(7-14)12(19(2)18-8)20-11-6-4-3-5-10(11)13(15,16)17/h3-6H,7H2,1-2H3. The maximum atomic E-state index is 12.9. The minimum atomic E-state index is -4.48. The second kappa shape index (κ2) is 5.36. The van der Waals surface area contributed by atoms with Crippen LogP contribution in [0.1, 0.15) is 16.8 Å². The van der Waals surface area contributed by atoms with Crippen molar-refractivity contribution >= 4 is 11.6 Å². The van der Waals surface area contributed by atoms with E-state index >= 15 is 0 Å². The maximum absolute atomic E-state index is 12.9. The summed E-state index contributed by atoms with van der Waals surface area (Å²) in [6.45, 7) is 1.72. The molecule has 3 nitrogen and oxygen atoms in total. The number of hydrogen-bond acceptors (Lipinski definition) is 2. The molecule has 0 saturated carbocycles. The Morgan fingerprint density at radius 2 is 1.95 bits per heavy atom. The summed E-state index contributed by atoms with van der Waals surface area (Å²) in [7, 11) is 1.59. The van der Waals surface area contributed by atoms with Crippen LogP contribution in [0.5, 0.6) is 11.6 Å². The number of rotatable bonds is 3. The second-order valence-corrected chi connectivity index (χ2v) is 4.49. The van der Waals surface area contributed by atoms with Crippen molar-refractivity contribution in [3.63, 3.8) is 0 Å². The first-order valence-corrected chi connectivity index (χ1v) is 6.30. The molecule has 20 heavy (non-hydrogen) atoms. The highest BCUT2D eigenvalue weighted by Crippen LogP contribution is 2.38. The quantitative estimate of drug-likeness (QED) is 0.791. The molecule has 0 aliphatic carbocycles. The molecule has 0 radical (unpaired) electrons. The predicted molar refractivity (Wildman–Crippen MR) is 69.0 cm³/mol. The number of benzene rings is 1. The number of halogens is 4. The molecule has 0 aliphatic rings. The Morgan fingerprint density at radius 3 is 2.55 bits per heavy atom. The molecule has 0 spiro atoms. The van der Waals surface area contributed by atoms with Crippen LogP contribution in [0.2, 0.25) is 0 Å². The van der Waals surface area contributed by atoms with E-state index in [1.54, 1.807) is 14.0 Å². The van der Waals surface area contributed by atoms with Crippen LogP contribution in [0.15, 0.2) is 24.3 Å². The van der Waals surface area contributed by atoms with Gasteiger partial charge in [-0.2, -0.15) is 18.3 Å². The second-order valence-electron chi connectivity index (χ2n) is 4.22.